The minimum atomic E-state index is -0.861. The zero-order valence-corrected chi connectivity index (χ0v) is 27.2. The van der Waals surface area contributed by atoms with Crippen molar-refractivity contribution in [1.29, 1.82) is 0 Å². The lowest BCUT2D eigenvalue weighted by molar-refractivity contribution is -0.143. The van der Waals surface area contributed by atoms with Crippen LogP contribution in [0.5, 0.6) is 23.0 Å². The van der Waals surface area contributed by atoms with Crippen molar-refractivity contribution >= 4 is 29.4 Å². The Morgan fingerprint density at radius 1 is 0.956 bits per heavy atom. The van der Waals surface area contributed by atoms with Crippen molar-refractivity contribution in [2.24, 2.45) is 4.99 Å². The van der Waals surface area contributed by atoms with Crippen LogP contribution in [0.25, 0.3) is 6.08 Å². The van der Waals surface area contributed by atoms with Crippen molar-refractivity contribution in [2.75, 3.05) is 40.6 Å². The quantitative estimate of drug-likeness (QED) is 0.191. The summed E-state index contributed by atoms with van der Waals surface area (Å²) in [7, 11) is 2.84. The number of carbonyl (C=O) groups excluding carboxylic acids is 2. The summed E-state index contributed by atoms with van der Waals surface area (Å²) in [6.07, 6.45) is 3.70. The third-order valence-electron chi connectivity index (χ3n) is 6.91. The van der Waals surface area contributed by atoms with Crippen molar-refractivity contribution in [3.63, 3.8) is 0 Å². The van der Waals surface area contributed by atoms with Crippen LogP contribution in [-0.2, 0) is 19.1 Å². The number of unbranched alkanes of at least 4 members (excludes halogenated alkanes) is 1. The smallest absolute Gasteiger partial charge is 0.343 e. The Kier molecular flexibility index (Phi) is 11.4. The van der Waals surface area contributed by atoms with Crippen LogP contribution in [0, 0.1) is 0 Å². The van der Waals surface area contributed by atoms with Gasteiger partial charge in [-0.05, 0) is 68.7 Å². The molecule has 0 unspecified atom stereocenters. The molecular weight excluding hydrogens is 600 g/mol. The molecular formula is C33H38N2O9S. The van der Waals surface area contributed by atoms with E-state index >= 15 is 0 Å². The summed E-state index contributed by atoms with van der Waals surface area (Å²) in [6.45, 7) is 8.07. The molecule has 0 N–H and O–H groups in total. The lowest BCUT2D eigenvalue weighted by atomic mass is 9.95. The summed E-state index contributed by atoms with van der Waals surface area (Å²) in [5.74, 6) is 0.714. The van der Waals surface area contributed by atoms with Gasteiger partial charge in [-0.15, -0.1) is 0 Å². The second-order valence-electron chi connectivity index (χ2n) is 9.92. The number of ether oxygens (including phenoxy) is 6. The van der Waals surface area contributed by atoms with E-state index in [0.717, 1.165) is 18.4 Å². The molecule has 12 heteroatoms. The first-order valence-electron chi connectivity index (χ1n) is 14.7. The number of rotatable bonds is 14. The van der Waals surface area contributed by atoms with Crippen LogP contribution >= 0.6 is 11.3 Å². The fourth-order valence-corrected chi connectivity index (χ4v) is 5.80. The van der Waals surface area contributed by atoms with E-state index in [1.165, 1.54) is 23.0 Å². The molecule has 45 heavy (non-hydrogen) atoms. The average molecular weight is 639 g/mol. The molecule has 1 atom stereocenters. The van der Waals surface area contributed by atoms with Crippen molar-refractivity contribution in [3.8, 4) is 23.0 Å². The SMILES string of the molecule is CCCCOc1ccc(/C=c2\sc3n(c2=O)[C@@H](c2ccc(OCC(=O)OC)c(OCC)c2)C(C(=O)OCC)=C(C)N=3)cc1OC. The van der Waals surface area contributed by atoms with Crippen molar-refractivity contribution in [1.82, 2.24) is 4.57 Å². The number of fused-ring (bicyclic) bond motifs is 1. The van der Waals surface area contributed by atoms with E-state index in [1.54, 1.807) is 45.2 Å². The maximum atomic E-state index is 14.1. The van der Waals surface area contributed by atoms with Gasteiger partial charge >= 0.3 is 11.9 Å². The van der Waals surface area contributed by atoms with Gasteiger partial charge in [0.1, 0.15) is 0 Å². The topological polar surface area (TPSA) is 124 Å². The Balaban J connectivity index is 1.84. The van der Waals surface area contributed by atoms with Crippen LogP contribution < -0.4 is 33.8 Å². The fraction of sp³-hybridized carbons (Fsp3) is 0.394. The summed E-state index contributed by atoms with van der Waals surface area (Å²) >= 11 is 1.21. The number of hydrogen-bond acceptors (Lipinski definition) is 11. The Hall–Kier alpha value is -4.58. The molecule has 0 bridgehead atoms. The van der Waals surface area contributed by atoms with E-state index in [9.17, 15) is 14.4 Å². The van der Waals surface area contributed by atoms with Crippen LogP contribution in [-0.4, -0.2) is 57.2 Å². The minimum Gasteiger partial charge on any atom is -0.493 e. The highest BCUT2D eigenvalue weighted by atomic mass is 32.1. The van der Waals surface area contributed by atoms with Crippen LogP contribution in [0.2, 0.25) is 0 Å². The highest BCUT2D eigenvalue weighted by molar-refractivity contribution is 7.07. The number of benzene rings is 2. The van der Waals surface area contributed by atoms with E-state index in [0.29, 0.717) is 56.8 Å². The van der Waals surface area contributed by atoms with Crippen LogP contribution in [0.15, 0.2) is 57.5 Å². The lowest BCUT2D eigenvalue weighted by Gasteiger charge is -2.25. The first-order valence-corrected chi connectivity index (χ1v) is 15.5. The lowest BCUT2D eigenvalue weighted by Crippen LogP contribution is -2.40. The largest absolute Gasteiger partial charge is 0.493 e. The van der Waals surface area contributed by atoms with E-state index in [-0.39, 0.29) is 24.3 Å². The van der Waals surface area contributed by atoms with Gasteiger partial charge in [0.2, 0.25) is 0 Å². The molecule has 0 aliphatic carbocycles. The molecule has 240 valence electrons. The molecule has 0 saturated carbocycles. The summed E-state index contributed by atoms with van der Waals surface area (Å²) in [5, 5.41) is 0. The summed E-state index contributed by atoms with van der Waals surface area (Å²) in [5.41, 5.74) is 1.65. The number of nitrogens with zero attached hydrogens (tertiary/aromatic N) is 2. The third kappa shape index (κ3) is 7.56. The molecule has 0 fully saturated rings. The van der Waals surface area contributed by atoms with Gasteiger partial charge in [-0.3, -0.25) is 9.36 Å². The number of thiazole rings is 1. The Morgan fingerprint density at radius 2 is 1.71 bits per heavy atom. The van der Waals surface area contributed by atoms with Gasteiger partial charge in [-0.25, -0.2) is 14.6 Å². The number of allylic oxidation sites excluding steroid dienone is 1. The van der Waals surface area contributed by atoms with Gasteiger partial charge < -0.3 is 28.4 Å². The average Bonchev–Trinajstić information content (AvgIpc) is 3.33. The van der Waals surface area contributed by atoms with Crippen LogP contribution in [0.3, 0.4) is 0 Å². The Labute approximate surface area is 265 Å². The highest BCUT2D eigenvalue weighted by Gasteiger charge is 2.34. The standard InChI is InChI=1S/C33H38N2O9S/c1-7-10-15-43-23-13-11-21(16-25(23)39-5)17-27-31(37)35-30(29(32(38)42-9-3)20(4)34-33(35)45-27)22-12-14-24(26(18-22)41-8-2)44-19-28(36)40-6/h11-14,16-18,30H,7-10,15,19H2,1-6H3/b27-17-/t30-/m0/s1. The normalized spacial score (nSPS) is 14.4. The van der Waals surface area contributed by atoms with Crippen molar-refractivity contribution in [3.05, 3.63) is 78.5 Å². The summed E-state index contributed by atoms with van der Waals surface area (Å²) in [4.78, 5) is 44.1. The minimum absolute atomic E-state index is 0.150. The zero-order chi connectivity index (χ0) is 32.5. The number of aromatic nitrogens is 1. The first-order chi connectivity index (χ1) is 21.8. The molecule has 4 rings (SSSR count). The van der Waals surface area contributed by atoms with Crippen molar-refractivity contribution in [2.45, 2.75) is 46.6 Å². The molecule has 2 heterocycles. The predicted octanol–water partition coefficient (Wildman–Crippen LogP) is 3.94. The van der Waals surface area contributed by atoms with E-state index in [2.05, 4.69) is 16.7 Å². The highest BCUT2D eigenvalue weighted by Crippen LogP contribution is 2.36. The van der Waals surface area contributed by atoms with Crippen LogP contribution in [0.4, 0.5) is 0 Å². The molecule has 0 saturated heterocycles. The second-order valence-corrected chi connectivity index (χ2v) is 10.9. The number of hydrogen-bond donors (Lipinski definition) is 0. The maximum absolute atomic E-state index is 14.1. The summed E-state index contributed by atoms with van der Waals surface area (Å²) in [6, 6.07) is 9.68. The van der Waals surface area contributed by atoms with Crippen LogP contribution in [0.1, 0.15) is 57.7 Å². The van der Waals surface area contributed by atoms with Gasteiger partial charge in [0, 0.05) is 0 Å². The molecule has 2 aromatic carbocycles. The monoisotopic (exact) mass is 638 g/mol. The zero-order valence-electron chi connectivity index (χ0n) is 26.3. The van der Waals surface area contributed by atoms with E-state index < -0.39 is 18.0 Å². The molecule has 0 radical (unpaired) electrons. The number of methoxy groups -OCH3 is 2. The molecule has 11 nitrogen and oxygen atoms in total. The number of esters is 2. The van der Waals surface area contributed by atoms with Crippen molar-refractivity contribution < 1.29 is 38.0 Å². The van der Waals surface area contributed by atoms with E-state index in [4.69, 9.17) is 23.7 Å². The molecule has 1 aromatic heterocycles. The Bertz CT molecular complexity index is 1760. The van der Waals surface area contributed by atoms with Gasteiger partial charge in [0.05, 0.1) is 55.9 Å². The maximum Gasteiger partial charge on any atom is 0.343 e. The Morgan fingerprint density at radius 3 is 2.40 bits per heavy atom. The molecule has 1 aliphatic rings. The fourth-order valence-electron chi connectivity index (χ4n) is 4.76. The molecule has 3 aromatic rings. The molecule has 0 amide bonds. The summed E-state index contributed by atoms with van der Waals surface area (Å²) < 4.78 is 34.8. The third-order valence-corrected chi connectivity index (χ3v) is 7.90. The van der Waals surface area contributed by atoms with Gasteiger partial charge in [0.25, 0.3) is 5.56 Å². The number of carbonyl (C=O) groups is 2. The first kappa shape index (κ1) is 33.3. The van der Waals surface area contributed by atoms with Gasteiger partial charge in [0.15, 0.2) is 34.4 Å². The van der Waals surface area contributed by atoms with Gasteiger partial charge in [-0.2, -0.15) is 0 Å². The predicted molar refractivity (Wildman–Crippen MR) is 169 cm³/mol. The van der Waals surface area contributed by atoms with Gasteiger partial charge in [-0.1, -0.05) is 36.8 Å². The van der Waals surface area contributed by atoms with E-state index in [1.807, 2.05) is 25.1 Å². The molecule has 0 spiro atoms. The second kappa shape index (κ2) is 15.4. The molecule has 1 aliphatic heterocycles.